The molecule has 2 rings (SSSR count). The molecule has 1 aromatic rings. The van der Waals surface area contributed by atoms with Crippen LogP contribution < -0.4 is 15.4 Å². The molecule has 1 aliphatic rings. The number of piperazine rings is 1. The first-order valence-corrected chi connectivity index (χ1v) is 6.92. The van der Waals surface area contributed by atoms with E-state index in [0.717, 1.165) is 29.7 Å². The fourth-order valence-electron chi connectivity index (χ4n) is 1.89. The smallest absolute Gasteiger partial charge is 0.173 e. The van der Waals surface area contributed by atoms with Crippen LogP contribution in [0.3, 0.4) is 0 Å². The highest BCUT2D eigenvalue weighted by molar-refractivity contribution is 9.13. The lowest BCUT2D eigenvalue weighted by Gasteiger charge is -2.26. The fourth-order valence-corrected chi connectivity index (χ4v) is 2.90. The van der Waals surface area contributed by atoms with Crippen molar-refractivity contribution in [3.63, 3.8) is 0 Å². The van der Waals surface area contributed by atoms with E-state index < -0.39 is 0 Å². The van der Waals surface area contributed by atoms with Crippen LogP contribution in [0, 0.1) is 0 Å². The first-order valence-electron chi connectivity index (χ1n) is 5.34. The number of hydrogen-bond donors (Lipinski definition) is 3. The van der Waals surface area contributed by atoms with Gasteiger partial charge in [-0.25, -0.2) is 0 Å². The Morgan fingerprint density at radius 1 is 1.35 bits per heavy atom. The lowest BCUT2D eigenvalue weighted by Crippen LogP contribution is -2.42. The molecule has 1 heterocycles. The van der Waals surface area contributed by atoms with Crippen molar-refractivity contribution in [2.75, 3.05) is 26.7 Å². The van der Waals surface area contributed by atoms with Crippen molar-refractivity contribution in [3.8, 4) is 11.5 Å². The molecule has 0 saturated carbocycles. The Labute approximate surface area is 117 Å². The monoisotopic (exact) mass is 364 g/mol. The summed E-state index contributed by atoms with van der Waals surface area (Å²) >= 11 is 6.86. The van der Waals surface area contributed by atoms with E-state index in [1.165, 1.54) is 0 Å². The topological polar surface area (TPSA) is 53.5 Å². The van der Waals surface area contributed by atoms with Gasteiger partial charge in [0.2, 0.25) is 0 Å². The van der Waals surface area contributed by atoms with Gasteiger partial charge in [-0.2, -0.15) is 0 Å². The highest BCUT2D eigenvalue weighted by Crippen LogP contribution is 2.43. The average Bonchev–Trinajstić information content (AvgIpc) is 2.37. The van der Waals surface area contributed by atoms with E-state index in [2.05, 4.69) is 42.5 Å². The summed E-state index contributed by atoms with van der Waals surface area (Å²) in [7, 11) is 1.55. The van der Waals surface area contributed by atoms with Crippen LogP contribution in [0.25, 0.3) is 0 Å². The zero-order valence-electron chi connectivity index (χ0n) is 9.39. The molecule has 1 fully saturated rings. The van der Waals surface area contributed by atoms with Crippen molar-refractivity contribution in [2.24, 2.45) is 0 Å². The number of nitrogens with one attached hydrogen (secondary N) is 2. The predicted molar refractivity (Wildman–Crippen MR) is 73.7 cm³/mol. The van der Waals surface area contributed by atoms with Gasteiger partial charge < -0.3 is 20.5 Å². The minimum atomic E-state index is 0.117. The molecule has 0 amide bonds. The van der Waals surface area contributed by atoms with Crippen molar-refractivity contribution in [1.82, 2.24) is 10.6 Å². The maximum atomic E-state index is 9.86. The largest absolute Gasteiger partial charge is 0.503 e. The predicted octanol–water partition coefficient (Wildman–Crippen LogP) is 2.16. The van der Waals surface area contributed by atoms with Crippen molar-refractivity contribution < 1.29 is 9.84 Å². The number of halogens is 2. The van der Waals surface area contributed by atoms with Crippen molar-refractivity contribution in [1.29, 1.82) is 0 Å². The SMILES string of the molecule is COc1cc([C@H]2CNCCN2)c(Br)c(Br)c1O. The van der Waals surface area contributed by atoms with Gasteiger partial charge in [0.1, 0.15) is 0 Å². The Kier molecular flexibility index (Phi) is 4.30. The summed E-state index contributed by atoms with van der Waals surface area (Å²) in [6.07, 6.45) is 0. The Bertz CT molecular complexity index is 420. The lowest BCUT2D eigenvalue weighted by molar-refractivity contribution is 0.368. The standard InChI is InChI=1S/C11H14Br2N2O2/c1-17-8-4-6(7-5-14-2-3-15-7)9(12)10(13)11(8)16/h4,7,14-16H,2-3,5H2,1H3/t7-/m1/s1. The highest BCUT2D eigenvalue weighted by Gasteiger charge is 2.22. The molecule has 0 bridgehead atoms. The second kappa shape index (κ2) is 5.56. The third-order valence-corrected chi connectivity index (χ3v) is 4.97. The molecule has 94 valence electrons. The van der Waals surface area contributed by atoms with E-state index in [1.807, 2.05) is 6.07 Å². The van der Waals surface area contributed by atoms with Gasteiger partial charge in [-0.15, -0.1) is 0 Å². The van der Waals surface area contributed by atoms with Crippen molar-refractivity contribution in [2.45, 2.75) is 6.04 Å². The van der Waals surface area contributed by atoms with Crippen LogP contribution in [0.15, 0.2) is 15.0 Å². The normalized spacial score (nSPS) is 20.3. The molecular weight excluding hydrogens is 352 g/mol. The number of aromatic hydroxyl groups is 1. The molecule has 4 nitrogen and oxygen atoms in total. The number of hydrogen-bond acceptors (Lipinski definition) is 4. The molecule has 1 saturated heterocycles. The maximum absolute atomic E-state index is 9.86. The van der Waals surface area contributed by atoms with E-state index in [1.54, 1.807) is 7.11 Å². The number of benzene rings is 1. The first-order chi connectivity index (χ1) is 8.15. The number of phenols is 1. The van der Waals surface area contributed by atoms with E-state index in [4.69, 9.17) is 4.74 Å². The molecule has 0 spiro atoms. The van der Waals surface area contributed by atoms with Crippen molar-refractivity contribution in [3.05, 3.63) is 20.6 Å². The van der Waals surface area contributed by atoms with Gasteiger partial charge in [-0.05, 0) is 43.5 Å². The van der Waals surface area contributed by atoms with Crippen LogP contribution in [0.5, 0.6) is 11.5 Å². The number of rotatable bonds is 2. The highest BCUT2D eigenvalue weighted by atomic mass is 79.9. The van der Waals surface area contributed by atoms with Gasteiger partial charge in [0, 0.05) is 30.1 Å². The Balaban J connectivity index is 2.42. The van der Waals surface area contributed by atoms with Crippen LogP contribution in [0.2, 0.25) is 0 Å². The van der Waals surface area contributed by atoms with Crippen LogP contribution in [0.4, 0.5) is 0 Å². The summed E-state index contributed by atoms with van der Waals surface area (Å²) < 4.78 is 6.65. The fraction of sp³-hybridized carbons (Fsp3) is 0.455. The summed E-state index contributed by atoms with van der Waals surface area (Å²) in [4.78, 5) is 0. The summed E-state index contributed by atoms with van der Waals surface area (Å²) in [5.41, 5.74) is 1.07. The molecule has 3 N–H and O–H groups in total. The average molecular weight is 366 g/mol. The summed E-state index contributed by atoms with van der Waals surface area (Å²) in [5, 5.41) is 16.6. The maximum Gasteiger partial charge on any atom is 0.173 e. The minimum absolute atomic E-state index is 0.117. The Morgan fingerprint density at radius 3 is 2.71 bits per heavy atom. The number of methoxy groups -OCH3 is 1. The van der Waals surface area contributed by atoms with E-state index in [-0.39, 0.29) is 11.8 Å². The third-order valence-electron chi connectivity index (χ3n) is 2.81. The van der Waals surface area contributed by atoms with E-state index >= 15 is 0 Å². The second-order valence-electron chi connectivity index (χ2n) is 3.86. The number of phenolic OH excluding ortho intramolecular Hbond substituents is 1. The van der Waals surface area contributed by atoms with Crippen LogP contribution in [0.1, 0.15) is 11.6 Å². The van der Waals surface area contributed by atoms with Gasteiger partial charge in [-0.3, -0.25) is 0 Å². The third kappa shape index (κ3) is 2.59. The molecule has 0 aromatic heterocycles. The minimum Gasteiger partial charge on any atom is -0.503 e. The van der Waals surface area contributed by atoms with Crippen molar-refractivity contribution >= 4 is 31.9 Å². The summed E-state index contributed by atoms with van der Waals surface area (Å²) in [6, 6.07) is 2.07. The van der Waals surface area contributed by atoms with Gasteiger partial charge in [0.25, 0.3) is 0 Å². The van der Waals surface area contributed by atoms with Gasteiger partial charge >= 0.3 is 0 Å². The zero-order valence-corrected chi connectivity index (χ0v) is 12.6. The van der Waals surface area contributed by atoms with Gasteiger partial charge in [0.05, 0.1) is 11.6 Å². The Hall–Kier alpha value is -0.300. The molecule has 0 radical (unpaired) electrons. The molecule has 6 heteroatoms. The van der Waals surface area contributed by atoms with Gasteiger partial charge in [0.15, 0.2) is 11.5 Å². The van der Waals surface area contributed by atoms with Crippen LogP contribution in [-0.4, -0.2) is 31.9 Å². The van der Waals surface area contributed by atoms with E-state index in [0.29, 0.717) is 10.2 Å². The summed E-state index contributed by atoms with van der Waals surface area (Å²) in [5.74, 6) is 0.592. The molecule has 1 aromatic carbocycles. The lowest BCUT2D eigenvalue weighted by atomic mass is 10.0. The first kappa shape index (κ1) is 13.1. The molecular formula is C11H14Br2N2O2. The summed E-state index contributed by atoms with van der Waals surface area (Å²) in [6.45, 7) is 2.77. The molecule has 1 aliphatic heterocycles. The van der Waals surface area contributed by atoms with Gasteiger partial charge in [-0.1, -0.05) is 0 Å². The molecule has 17 heavy (non-hydrogen) atoms. The molecule has 0 unspecified atom stereocenters. The zero-order chi connectivity index (χ0) is 12.4. The van der Waals surface area contributed by atoms with E-state index in [9.17, 15) is 5.11 Å². The Morgan fingerprint density at radius 2 is 2.12 bits per heavy atom. The quantitative estimate of drug-likeness (QED) is 0.751. The molecule has 0 aliphatic carbocycles. The number of ether oxygens (including phenoxy) is 1. The molecule has 1 atom stereocenters. The van der Waals surface area contributed by atoms with Crippen LogP contribution in [-0.2, 0) is 0 Å². The second-order valence-corrected chi connectivity index (χ2v) is 5.44. The van der Waals surface area contributed by atoms with Crippen LogP contribution >= 0.6 is 31.9 Å².